The Bertz CT molecular complexity index is 998. The fourth-order valence-electron chi connectivity index (χ4n) is 2.15. The summed E-state index contributed by atoms with van der Waals surface area (Å²) in [6, 6.07) is 11.3. The monoisotopic (exact) mass is 406 g/mol. The molecule has 2 rings (SSSR count). The molecular weight excluding hydrogens is 384 g/mol. The third-order valence-electron chi connectivity index (χ3n) is 3.74. The molecule has 6 heteroatoms. The van der Waals surface area contributed by atoms with E-state index in [9.17, 15) is 14.4 Å². The van der Waals surface area contributed by atoms with E-state index in [2.05, 4.69) is 19.7 Å². The zero-order valence-corrected chi connectivity index (χ0v) is 17.1. The van der Waals surface area contributed by atoms with E-state index in [1.165, 1.54) is 19.9 Å². The van der Waals surface area contributed by atoms with Gasteiger partial charge in [0.25, 0.3) is 0 Å². The lowest BCUT2D eigenvalue weighted by Crippen LogP contribution is -2.10. The predicted octanol–water partition coefficient (Wildman–Crippen LogP) is 4.80. The summed E-state index contributed by atoms with van der Waals surface area (Å²) >= 11 is 0. The van der Waals surface area contributed by atoms with E-state index >= 15 is 0 Å². The van der Waals surface area contributed by atoms with E-state index in [4.69, 9.17) is 14.2 Å². The number of hydrogen-bond donors (Lipinski definition) is 0. The normalized spacial score (nSPS) is 9.97. The molecule has 0 unspecified atom stereocenters. The Labute approximate surface area is 175 Å². The van der Waals surface area contributed by atoms with Gasteiger partial charge in [-0.25, -0.2) is 14.4 Å². The van der Waals surface area contributed by atoms with Crippen molar-refractivity contribution >= 4 is 17.9 Å². The Hall–Kier alpha value is -3.93. The van der Waals surface area contributed by atoms with Crippen LogP contribution in [-0.4, -0.2) is 17.9 Å². The van der Waals surface area contributed by atoms with Crippen molar-refractivity contribution in [2.24, 2.45) is 0 Å². The van der Waals surface area contributed by atoms with Crippen molar-refractivity contribution in [3.05, 3.63) is 78.9 Å². The Morgan fingerprint density at radius 3 is 1.30 bits per heavy atom. The highest BCUT2D eigenvalue weighted by Gasteiger charge is 2.13. The van der Waals surface area contributed by atoms with Crippen LogP contribution >= 0.6 is 0 Å². The molecule has 0 aromatic heterocycles. The van der Waals surface area contributed by atoms with Crippen molar-refractivity contribution in [1.82, 2.24) is 0 Å². The van der Waals surface area contributed by atoms with Gasteiger partial charge >= 0.3 is 17.9 Å². The summed E-state index contributed by atoms with van der Waals surface area (Å²) in [5.41, 5.74) is 2.07. The smallest absolute Gasteiger partial charge is 0.338 e. The molecule has 154 valence electrons. The molecule has 0 saturated heterocycles. The molecular formula is C24H22O6. The van der Waals surface area contributed by atoms with Crippen LogP contribution in [0.4, 0.5) is 0 Å². The fourth-order valence-corrected chi connectivity index (χ4v) is 2.15. The summed E-state index contributed by atoms with van der Waals surface area (Å²) in [6.45, 7) is 15.3. The number of rotatable bonds is 7. The molecule has 2 aromatic carbocycles. The number of benzene rings is 2. The number of carbonyl (C=O) groups excluding carboxylic acids is 3. The first kappa shape index (κ1) is 22.4. The van der Waals surface area contributed by atoms with Crippen molar-refractivity contribution in [2.75, 3.05) is 0 Å². The van der Waals surface area contributed by atoms with Crippen LogP contribution in [0.25, 0.3) is 11.1 Å². The third-order valence-corrected chi connectivity index (χ3v) is 3.74. The van der Waals surface area contributed by atoms with E-state index < -0.39 is 17.9 Å². The molecule has 0 spiro atoms. The zero-order valence-electron chi connectivity index (χ0n) is 17.1. The minimum atomic E-state index is -0.605. The molecule has 0 bridgehead atoms. The molecule has 0 aliphatic heterocycles. The number of hydrogen-bond acceptors (Lipinski definition) is 6. The van der Waals surface area contributed by atoms with Crippen molar-refractivity contribution < 1.29 is 28.6 Å². The van der Waals surface area contributed by atoms with Gasteiger partial charge in [-0.2, -0.15) is 0 Å². The Morgan fingerprint density at radius 1 is 0.567 bits per heavy atom. The maximum absolute atomic E-state index is 11.9. The molecule has 0 atom stereocenters. The summed E-state index contributed by atoms with van der Waals surface area (Å²) in [6.07, 6.45) is 0. The van der Waals surface area contributed by atoms with Gasteiger partial charge in [0, 0.05) is 22.8 Å². The molecule has 0 amide bonds. The van der Waals surface area contributed by atoms with Gasteiger partial charge in [-0.15, -0.1) is 0 Å². The van der Waals surface area contributed by atoms with E-state index in [1.807, 2.05) is 0 Å². The minimum Gasteiger partial charge on any atom is -0.423 e. The van der Waals surface area contributed by atoms with Crippen molar-refractivity contribution in [1.29, 1.82) is 0 Å². The highest BCUT2D eigenvalue weighted by atomic mass is 16.5. The second kappa shape index (κ2) is 9.52. The Morgan fingerprint density at radius 2 is 0.933 bits per heavy atom. The second-order valence-corrected chi connectivity index (χ2v) is 6.73. The van der Waals surface area contributed by atoms with Crippen LogP contribution in [-0.2, 0) is 14.4 Å². The van der Waals surface area contributed by atoms with Crippen LogP contribution in [0.3, 0.4) is 0 Å². The summed E-state index contributed by atoms with van der Waals surface area (Å²) in [5.74, 6) is -1.01. The molecule has 0 saturated carbocycles. The zero-order chi connectivity index (χ0) is 22.4. The highest BCUT2D eigenvalue weighted by Crippen LogP contribution is 2.31. The second-order valence-electron chi connectivity index (χ2n) is 6.73. The molecule has 0 radical (unpaired) electrons. The lowest BCUT2D eigenvalue weighted by Gasteiger charge is -2.11. The van der Waals surface area contributed by atoms with Gasteiger partial charge in [0.05, 0.1) is 0 Å². The topological polar surface area (TPSA) is 78.9 Å². The van der Waals surface area contributed by atoms with Crippen molar-refractivity contribution in [2.45, 2.75) is 20.8 Å². The SMILES string of the molecule is C=C(C)C(=O)Oc1ccc(-c2cc(OC(=O)C(=C)C)cc(OC(=O)C(=C)C)c2)cc1. The fraction of sp³-hybridized carbons (Fsp3) is 0.125. The first-order valence-electron chi connectivity index (χ1n) is 8.95. The van der Waals surface area contributed by atoms with Crippen LogP contribution in [0.5, 0.6) is 17.2 Å². The number of esters is 3. The first-order chi connectivity index (χ1) is 14.1. The first-order valence-corrected chi connectivity index (χ1v) is 8.95. The van der Waals surface area contributed by atoms with E-state index in [-0.39, 0.29) is 28.2 Å². The molecule has 0 aliphatic rings. The van der Waals surface area contributed by atoms with Crippen LogP contribution < -0.4 is 14.2 Å². The maximum atomic E-state index is 11.9. The summed E-state index contributed by atoms with van der Waals surface area (Å²) in [4.78, 5) is 35.4. The quantitative estimate of drug-likeness (QED) is 0.373. The molecule has 0 heterocycles. The standard InChI is InChI=1S/C24H22O6/c1-14(2)22(25)28-19-9-7-17(8-10-19)18-11-20(29-23(26)15(3)4)13-21(12-18)30-24(27)16(5)6/h7-13H,1,3,5H2,2,4,6H3. The van der Waals surface area contributed by atoms with Crippen LogP contribution in [0.2, 0.25) is 0 Å². The molecule has 30 heavy (non-hydrogen) atoms. The maximum Gasteiger partial charge on any atom is 0.338 e. The summed E-state index contributed by atoms with van der Waals surface area (Å²) < 4.78 is 15.8. The van der Waals surface area contributed by atoms with Gasteiger partial charge in [-0.1, -0.05) is 31.9 Å². The minimum absolute atomic E-state index is 0.183. The Balaban J connectivity index is 2.39. The third kappa shape index (κ3) is 6.04. The van der Waals surface area contributed by atoms with Gasteiger partial charge < -0.3 is 14.2 Å². The lowest BCUT2D eigenvalue weighted by atomic mass is 10.0. The van der Waals surface area contributed by atoms with Gasteiger partial charge in [-0.05, 0) is 56.2 Å². The summed E-state index contributed by atoms with van der Waals surface area (Å²) in [7, 11) is 0. The average molecular weight is 406 g/mol. The van der Waals surface area contributed by atoms with Gasteiger partial charge in [0.2, 0.25) is 0 Å². The van der Waals surface area contributed by atoms with Crippen LogP contribution in [0.1, 0.15) is 20.8 Å². The van der Waals surface area contributed by atoms with Gasteiger partial charge in [-0.3, -0.25) is 0 Å². The van der Waals surface area contributed by atoms with Crippen LogP contribution in [0, 0.1) is 0 Å². The average Bonchev–Trinajstić information content (AvgIpc) is 2.68. The largest absolute Gasteiger partial charge is 0.423 e. The highest BCUT2D eigenvalue weighted by molar-refractivity contribution is 5.90. The van der Waals surface area contributed by atoms with Gasteiger partial charge in [0.1, 0.15) is 17.2 Å². The van der Waals surface area contributed by atoms with Gasteiger partial charge in [0.15, 0.2) is 0 Å². The molecule has 0 aliphatic carbocycles. The van der Waals surface area contributed by atoms with Crippen molar-refractivity contribution in [3.8, 4) is 28.4 Å². The van der Waals surface area contributed by atoms with Crippen LogP contribution in [0.15, 0.2) is 78.9 Å². The summed E-state index contributed by atoms with van der Waals surface area (Å²) in [5, 5.41) is 0. The molecule has 6 nitrogen and oxygen atoms in total. The van der Waals surface area contributed by atoms with E-state index in [0.717, 1.165) is 0 Å². The van der Waals surface area contributed by atoms with E-state index in [0.29, 0.717) is 16.9 Å². The number of ether oxygens (including phenoxy) is 3. The Kier molecular flexibility index (Phi) is 7.09. The number of carbonyl (C=O) groups is 3. The van der Waals surface area contributed by atoms with Crippen molar-refractivity contribution in [3.63, 3.8) is 0 Å². The molecule has 2 aromatic rings. The lowest BCUT2D eigenvalue weighted by molar-refractivity contribution is -0.131. The molecule has 0 fully saturated rings. The molecule has 0 N–H and O–H groups in total. The predicted molar refractivity (Wildman–Crippen MR) is 113 cm³/mol. The van der Waals surface area contributed by atoms with E-state index in [1.54, 1.807) is 43.3 Å².